The third-order valence-corrected chi connectivity index (χ3v) is 8.21. The minimum absolute atomic E-state index is 0.116. The van der Waals surface area contributed by atoms with Crippen molar-refractivity contribution >= 4 is 45.9 Å². The highest BCUT2D eigenvalue weighted by Crippen LogP contribution is 2.41. The molecular weight excluding hydrogens is 478 g/mol. The minimum atomic E-state index is -0.592. The maximum absolute atomic E-state index is 13.8. The molecule has 2 aliphatic heterocycles. The average molecular weight is 504 g/mol. The number of aliphatic hydroxyl groups excluding tert-OH is 1. The number of benzene rings is 2. The van der Waals surface area contributed by atoms with E-state index in [9.17, 15) is 19.5 Å². The Morgan fingerprint density at radius 2 is 1.74 bits per heavy atom. The molecular formula is C31H25N3O4. The van der Waals surface area contributed by atoms with Crippen molar-refractivity contribution in [1.82, 2.24) is 9.47 Å². The van der Waals surface area contributed by atoms with E-state index >= 15 is 0 Å². The van der Waals surface area contributed by atoms with Crippen molar-refractivity contribution in [3.05, 3.63) is 96.7 Å². The number of pyridine rings is 1. The van der Waals surface area contributed by atoms with Gasteiger partial charge in [0, 0.05) is 40.5 Å². The number of carbonyl (C=O) groups excluding carboxylic acids is 2. The third-order valence-electron chi connectivity index (χ3n) is 8.21. The second-order valence-corrected chi connectivity index (χ2v) is 10.3. The van der Waals surface area contributed by atoms with Gasteiger partial charge in [0.15, 0.2) is 0 Å². The van der Waals surface area contributed by atoms with Gasteiger partial charge in [0.25, 0.3) is 17.4 Å². The first-order chi connectivity index (χ1) is 18.4. The first-order valence-corrected chi connectivity index (χ1v) is 12.8. The van der Waals surface area contributed by atoms with Crippen LogP contribution in [0.5, 0.6) is 0 Å². The van der Waals surface area contributed by atoms with Crippen LogP contribution in [0.25, 0.3) is 34.1 Å². The Balaban J connectivity index is 1.63. The number of hydrogen-bond acceptors (Lipinski definition) is 5. The molecule has 2 aromatic carbocycles. The zero-order chi connectivity index (χ0) is 26.3. The molecule has 3 aromatic rings. The van der Waals surface area contributed by atoms with E-state index in [0.29, 0.717) is 53.0 Å². The van der Waals surface area contributed by atoms with E-state index in [1.807, 2.05) is 42.5 Å². The van der Waals surface area contributed by atoms with Gasteiger partial charge in [0.05, 0.1) is 12.6 Å². The molecule has 0 radical (unpaired) electrons. The number of nitrogens with zero attached hydrogens (tertiary/aromatic N) is 3. The molecule has 1 unspecified atom stereocenters. The van der Waals surface area contributed by atoms with Crippen molar-refractivity contribution in [2.45, 2.75) is 31.9 Å². The number of carbonyl (C=O) groups is 2. The van der Waals surface area contributed by atoms with Crippen LogP contribution in [0.4, 0.5) is 0 Å². The molecule has 2 bridgehead atoms. The van der Waals surface area contributed by atoms with Crippen LogP contribution in [0.15, 0.2) is 52.8 Å². The van der Waals surface area contributed by atoms with Crippen LogP contribution in [0.2, 0.25) is 0 Å². The lowest BCUT2D eigenvalue weighted by atomic mass is 9.87. The Morgan fingerprint density at radius 3 is 2.50 bits per heavy atom. The van der Waals surface area contributed by atoms with Gasteiger partial charge in [-0.3, -0.25) is 28.8 Å². The number of imide groups is 1. The molecule has 7 heteroatoms. The van der Waals surface area contributed by atoms with Gasteiger partial charge < -0.3 is 5.11 Å². The Bertz CT molecular complexity index is 1990. The van der Waals surface area contributed by atoms with Crippen LogP contribution in [0.1, 0.15) is 44.7 Å². The fourth-order valence-electron chi connectivity index (χ4n) is 6.42. The van der Waals surface area contributed by atoms with Gasteiger partial charge in [-0.25, -0.2) is 0 Å². The number of aliphatic hydroxyl groups is 1. The number of aromatic nitrogens is 1. The standard InChI is InChI=1S/C31H25N3O4/c1-3-4-21-25-18-13-16(5-7-22(25)31(38)34-12-11-19(35)15-32-28(21)34)20-9-10-24-27-23(29(36)33(2)30(24)37)8-6-17(14-18)26(20)27/h3-10,19,35H,1,11-15H2,2H3/b21-4+. The van der Waals surface area contributed by atoms with Gasteiger partial charge in [-0.05, 0) is 64.8 Å². The number of amides is 2. The second-order valence-electron chi connectivity index (χ2n) is 10.3. The van der Waals surface area contributed by atoms with Gasteiger partial charge in [0.2, 0.25) is 0 Å². The number of allylic oxidation sites excluding steroid dienone is 3. The minimum Gasteiger partial charge on any atom is -0.391 e. The summed E-state index contributed by atoms with van der Waals surface area (Å²) in [6.07, 6.45) is 8.55. The number of fused-ring (bicyclic) bond motifs is 5. The normalized spacial score (nSPS) is 20.0. The Morgan fingerprint density at radius 1 is 1.00 bits per heavy atom. The highest BCUT2D eigenvalue weighted by Gasteiger charge is 2.33. The highest BCUT2D eigenvalue weighted by atomic mass is 16.3. The van der Waals surface area contributed by atoms with Crippen LogP contribution in [-0.2, 0) is 13.0 Å². The summed E-state index contributed by atoms with van der Waals surface area (Å²) in [6.45, 7) is 4.56. The van der Waals surface area contributed by atoms with Crippen molar-refractivity contribution in [1.29, 1.82) is 0 Å². The molecule has 0 spiro atoms. The summed E-state index contributed by atoms with van der Waals surface area (Å²) in [5.74, 6) is -0.590. The lowest BCUT2D eigenvalue weighted by Crippen LogP contribution is -2.62. The fraction of sp³-hybridized carbons (Fsp3) is 0.226. The van der Waals surface area contributed by atoms with Crippen molar-refractivity contribution < 1.29 is 14.7 Å². The Kier molecular flexibility index (Phi) is 4.84. The molecule has 2 aliphatic carbocycles. The first kappa shape index (κ1) is 22.8. The zero-order valence-corrected chi connectivity index (χ0v) is 21.0. The Hall–Kier alpha value is -4.36. The van der Waals surface area contributed by atoms with Crippen LogP contribution in [-0.4, -0.2) is 46.1 Å². The lowest BCUT2D eigenvalue weighted by Gasteiger charge is -2.25. The Labute approximate surface area is 217 Å². The maximum Gasteiger partial charge on any atom is 0.261 e. The molecule has 3 heterocycles. The summed E-state index contributed by atoms with van der Waals surface area (Å²) in [5.41, 5.74) is 5.64. The summed E-state index contributed by atoms with van der Waals surface area (Å²) >= 11 is 0. The highest BCUT2D eigenvalue weighted by molar-refractivity contribution is 6.27. The summed E-state index contributed by atoms with van der Waals surface area (Å²) in [4.78, 5) is 45.7. The van der Waals surface area contributed by atoms with Gasteiger partial charge in [-0.1, -0.05) is 42.5 Å². The third kappa shape index (κ3) is 2.99. The molecule has 2 amide bonds. The second kappa shape index (κ2) is 8.07. The summed E-state index contributed by atoms with van der Waals surface area (Å²) in [5, 5.41) is 14.2. The van der Waals surface area contributed by atoms with Crippen LogP contribution in [0, 0.1) is 0 Å². The molecule has 1 N–H and O–H groups in total. The van der Waals surface area contributed by atoms with E-state index in [-0.39, 0.29) is 23.9 Å². The van der Waals surface area contributed by atoms with Crippen molar-refractivity contribution in [2.24, 2.45) is 4.99 Å². The van der Waals surface area contributed by atoms with Crippen LogP contribution < -0.4 is 26.7 Å². The van der Waals surface area contributed by atoms with E-state index < -0.39 is 6.10 Å². The molecule has 38 heavy (non-hydrogen) atoms. The summed E-state index contributed by atoms with van der Waals surface area (Å²) in [6, 6.07) is 7.59. The molecule has 7 nitrogen and oxygen atoms in total. The first-order valence-electron chi connectivity index (χ1n) is 12.8. The van der Waals surface area contributed by atoms with Gasteiger partial charge in [-0.2, -0.15) is 0 Å². The average Bonchev–Trinajstić information content (AvgIpc) is 3.30. The SMILES string of the molecule is C=C/C=c1\c2c(c(=O)n3c1=NCC(O)CC3)=CC=C1CC=2Cc2ccc3c4c(ccc1c24)C(=O)N(C)C3=O. The molecule has 1 atom stereocenters. The van der Waals surface area contributed by atoms with Crippen LogP contribution >= 0.6 is 0 Å². The number of rotatable bonds is 1. The van der Waals surface area contributed by atoms with E-state index in [4.69, 9.17) is 0 Å². The summed E-state index contributed by atoms with van der Waals surface area (Å²) in [7, 11) is 1.52. The van der Waals surface area contributed by atoms with E-state index in [0.717, 1.165) is 38.1 Å². The predicted molar refractivity (Wildman–Crippen MR) is 145 cm³/mol. The topological polar surface area (TPSA) is 92.0 Å². The largest absolute Gasteiger partial charge is 0.391 e. The quantitative estimate of drug-likeness (QED) is 0.491. The molecule has 0 saturated carbocycles. The van der Waals surface area contributed by atoms with Crippen molar-refractivity contribution in [2.75, 3.05) is 13.6 Å². The smallest absolute Gasteiger partial charge is 0.261 e. The van der Waals surface area contributed by atoms with Crippen molar-refractivity contribution in [3.63, 3.8) is 0 Å². The maximum atomic E-state index is 13.8. The molecule has 188 valence electrons. The predicted octanol–water partition coefficient (Wildman–Crippen LogP) is 0.553. The zero-order valence-electron chi connectivity index (χ0n) is 21.0. The van der Waals surface area contributed by atoms with Gasteiger partial charge >= 0.3 is 0 Å². The molecule has 4 aliphatic rings. The molecule has 0 saturated heterocycles. The van der Waals surface area contributed by atoms with Gasteiger partial charge in [0.1, 0.15) is 5.49 Å². The van der Waals surface area contributed by atoms with Crippen LogP contribution in [0.3, 0.4) is 0 Å². The lowest BCUT2D eigenvalue weighted by molar-refractivity contribution is 0.0650. The monoisotopic (exact) mass is 503 g/mol. The van der Waals surface area contributed by atoms with E-state index in [1.165, 1.54) is 11.9 Å². The summed E-state index contributed by atoms with van der Waals surface area (Å²) < 4.78 is 1.68. The number of hydrogen-bond donors (Lipinski definition) is 1. The molecule has 7 rings (SSSR count). The van der Waals surface area contributed by atoms with E-state index in [1.54, 1.807) is 10.6 Å². The van der Waals surface area contributed by atoms with Crippen molar-refractivity contribution in [3.8, 4) is 0 Å². The fourth-order valence-corrected chi connectivity index (χ4v) is 6.42. The molecule has 1 aromatic heterocycles. The van der Waals surface area contributed by atoms with Gasteiger partial charge in [-0.15, -0.1) is 0 Å². The molecule has 0 fully saturated rings. The van der Waals surface area contributed by atoms with E-state index in [2.05, 4.69) is 11.6 Å².